The summed E-state index contributed by atoms with van der Waals surface area (Å²) in [6.45, 7) is 6.26. The highest BCUT2D eigenvalue weighted by Gasteiger charge is 2.37. The van der Waals surface area contributed by atoms with E-state index in [1.54, 1.807) is 47.8 Å². The van der Waals surface area contributed by atoms with E-state index < -0.39 is 5.60 Å². The second-order valence-electron chi connectivity index (χ2n) is 8.06. The van der Waals surface area contributed by atoms with Crippen LogP contribution in [-0.2, 0) is 4.74 Å². The highest BCUT2D eigenvalue weighted by atomic mass is 32.2. The quantitative estimate of drug-likeness (QED) is 0.619. The van der Waals surface area contributed by atoms with Crippen LogP contribution in [0.3, 0.4) is 0 Å². The lowest BCUT2D eigenvalue weighted by Crippen LogP contribution is -2.41. The number of thioether (sulfide) groups is 2. The predicted molar refractivity (Wildman–Crippen MR) is 118 cm³/mol. The Morgan fingerprint density at radius 2 is 1.59 bits per heavy atom. The van der Waals surface area contributed by atoms with Crippen molar-refractivity contribution in [3.05, 3.63) is 48.5 Å². The molecule has 1 fully saturated rings. The standard InChI is InChI=1S/C22H27NO4S2/c1-22(2,3)27-21(26)23-13-20(29-19-10-6-17(25)7-11-19)12-15(23)14-28-18-8-4-16(24)5-9-18/h4-11,15,20,24-25H,12-14H2,1-3H3/t15-,20+/m1/s1. The van der Waals surface area contributed by atoms with Crippen LogP contribution in [0.2, 0.25) is 0 Å². The summed E-state index contributed by atoms with van der Waals surface area (Å²) >= 11 is 3.40. The second kappa shape index (κ2) is 9.22. The number of hydrogen-bond donors (Lipinski definition) is 2. The molecule has 0 bridgehead atoms. The second-order valence-corrected chi connectivity index (χ2v) is 10.5. The average Bonchev–Trinajstić information content (AvgIpc) is 3.05. The molecular formula is C22H27NO4S2. The van der Waals surface area contributed by atoms with Crippen molar-refractivity contribution in [3.8, 4) is 11.5 Å². The summed E-state index contributed by atoms with van der Waals surface area (Å²) in [6.07, 6.45) is 0.596. The molecule has 1 saturated heterocycles. The summed E-state index contributed by atoms with van der Waals surface area (Å²) in [4.78, 5) is 16.8. The van der Waals surface area contributed by atoms with Crippen molar-refractivity contribution in [1.29, 1.82) is 0 Å². The van der Waals surface area contributed by atoms with Gasteiger partial charge in [-0.15, -0.1) is 23.5 Å². The topological polar surface area (TPSA) is 70.0 Å². The first kappa shape index (κ1) is 21.7. The summed E-state index contributed by atoms with van der Waals surface area (Å²) in [7, 11) is 0. The third-order valence-corrected chi connectivity index (χ3v) is 6.80. The van der Waals surface area contributed by atoms with Crippen LogP contribution in [-0.4, -0.2) is 50.4 Å². The molecule has 0 radical (unpaired) electrons. The zero-order valence-corrected chi connectivity index (χ0v) is 18.5. The van der Waals surface area contributed by atoms with Crippen LogP contribution in [0, 0.1) is 0 Å². The summed E-state index contributed by atoms with van der Waals surface area (Å²) in [5, 5.41) is 19.2. The van der Waals surface area contributed by atoms with E-state index in [-0.39, 0.29) is 28.9 Å². The molecule has 7 heteroatoms. The van der Waals surface area contributed by atoms with Crippen molar-refractivity contribution in [1.82, 2.24) is 4.90 Å². The van der Waals surface area contributed by atoms with Crippen LogP contribution in [0.25, 0.3) is 0 Å². The third-order valence-electron chi connectivity index (χ3n) is 4.42. The maximum atomic E-state index is 12.8. The lowest BCUT2D eigenvalue weighted by Gasteiger charge is -2.28. The van der Waals surface area contributed by atoms with Gasteiger partial charge < -0.3 is 19.8 Å². The maximum absolute atomic E-state index is 12.8. The summed E-state index contributed by atoms with van der Waals surface area (Å²) in [6, 6.07) is 14.3. The van der Waals surface area contributed by atoms with Gasteiger partial charge >= 0.3 is 6.09 Å². The number of hydrogen-bond acceptors (Lipinski definition) is 6. The number of amides is 1. The molecular weight excluding hydrogens is 406 g/mol. The molecule has 3 rings (SSSR count). The predicted octanol–water partition coefficient (Wildman–Crippen LogP) is 5.36. The van der Waals surface area contributed by atoms with E-state index in [1.165, 1.54) is 0 Å². The van der Waals surface area contributed by atoms with Gasteiger partial charge in [-0.2, -0.15) is 0 Å². The van der Waals surface area contributed by atoms with Crippen LogP contribution in [0.1, 0.15) is 27.2 Å². The van der Waals surface area contributed by atoms with Gasteiger partial charge in [0.25, 0.3) is 0 Å². The van der Waals surface area contributed by atoms with Gasteiger partial charge in [-0.3, -0.25) is 0 Å². The minimum atomic E-state index is -0.534. The van der Waals surface area contributed by atoms with Crippen molar-refractivity contribution in [2.24, 2.45) is 0 Å². The molecule has 0 unspecified atom stereocenters. The first-order chi connectivity index (χ1) is 13.7. The third kappa shape index (κ3) is 6.51. The van der Waals surface area contributed by atoms with Gasteiger partial charge in [0.1, 0.15) is 17.1 Å². The van der Waals surface area contributed by atoms with E-state index in [0.717, 1.165) is 22.0 Å². The summed E-state index contributed by atoms with van der Waals surface area (Å²) < 4.78 is 5.64. The number of benzene rings is 2. The number of likely N-dealkylation sites (tertiary alicyclic amines) is 1. The molecule has 0 aromatic heterocycles. The number of aromatic hydroxyl groups is 2. The van der Waals surface area contributed by atoms with Crippen LogP contribution < -0.4 is 0 Å². The normalized spacial score (nSPS) is 19.3. The number of phenolic OH excluding ortho intramolecular Hbond substituents is 2. The van der Waals surface area contributed by atoms with Crippen molar-refractivity contribution in [2.75, 3.05) is 12.3 Å². The molecule has 1 aliphatic rings. The Hall–Kier alpha value is -1.99. The molecule has 0 spiro atoms. The summed E-state index contributed by atoms with van der Waals surface area (Å²) in [5.41, 5.74) is -0.534. The van der Waals surface area contributed by atoms with Crippen molar-refractivity contribution in [2.45, 2.75) is 53.9 Å². The molecule has 2 aromatic carbocycles. The molecule has 0 aliphatic carbocycles. The maximum Gasteiger partial charge on any atom is 0.410 e. The number of nitrogens with zero attached hydrogens (tertiary/aromatic N) is 1. The number of carbonyl (C=O) groups excluding carboxylic acids is 1. The molecule has 1 heterocycles. The highest BCUT2D eigenvalue weighted by Crippen LogP contribution is 2.36. The molecule has 2 N–H and O–H groups in total. The van der Waals surface area contributed by atoms with Gasteiger partial charge in [-0.25, -0.2) is 4.79 Å². The lowest BCUT2D eigenvalue weighted by atomic mass is 10.2. The van der Waals surface area contributed by atoms with Gasteiger partial charge in [-0.05, 0) is 75.7 Å². The van der Waals surface area contributed by atoms with Gasteiger partial charge in [0.15, 0.2) is 0 Å². The minimum absolute atomic E-state index is 0.0678. The molecule has 5 nitrogen and oxygen atoms in total. The van der Waals surface area contributed by atoms with Gasteiger partial charge in [0, 0.05) is 33.4 Å². The minimum Gasteiger partial charge on any atom is -0.508 e. The first-order valence-electron chi connectivity index (χ1n) is 9.57. The molecule has 1 aliphatic heterocycles. The molecule has 1 amide bonds. The molecule has 156 valence electrons. The van der Waals surface area contributed by atoms with E-state index in [1.807, 2.05) is 49.9 Å². The van der Waals surface area contributed by atoms with Crippen molar-refractivity contribution >= 4 is 29.6 Å². The lowest BCUT2D eigenvalue weighted by molar-refractivity contribution is 0.0242. The Morgan fingerprint density at radius 3 is 2.14 bits per heavy atom. The number of ether oxygens (including phenoxy) is 1. The van der Waals surface area contributed by atoms with E-state index in [0.29, 0.717) is 6.54 Å². The smallest absolute Gasteiger partial charge is 0.410 e. The van der Waals surface area contributed by atoms with Crippen molar-refractivity contribution in [3.63, 3.8) is 0 Å². The Kier molecular flexibility index (Phi) is 6.90. The number of rotatable bonds is 5. The Bertz CT molecular complexity index is 818. The van der Waals surface area contributed by atoms with Crippen LogP contribution in [0.5, 0.6) is 11.5 Å². The Balaban J connectivity index is 1.68. The fourth-order valence-corrected chi connectivity index (χ4v) is 5.37. The van der Waals surface area contributed by atoms with Crippen LogP contribution in [0.15, 0.2) is 58.3 Å². The Labute approximate surface area is 180 Å². The monoisotopic (exact) mass is 433 g/mol. The van der Waals surface area contributed by atoms with Gasteiger partial charge in [0.05, 0.1) is 0 Å². The Morgan fingerprint density at radius 1 is 1.03 bits per heavy atom. The summed E-state index contributed by atoms with van der Waals surface area (Å²) in [5.74, 6) is 1.26. The fourth-order valence-electron chi connectivity index (χ4n) is 3.11. The highest BCUT2D eigenvalue weighted by molar-refractivity contribution is 8.00. The van der Waals surface area contributed by atoms with Crippen LogP contribution in [0.4, 0.5) is 4.79 Å². The van der Waals surface area contributed by atoms with Crippen molar-refractivity contribution < 1.29 is 19.7 Å². The van der Waals surface area contributed by atoms with Gasteiger partial charge in [0.2, 0.25) is 0 Å². The largest absolute Gasteiger partial charge is 0.508 e. The zero-order valence-electron chi connectivity index (χ0n) is 16.9. The van der Waals surface area contributed by atoms with E-state index >= 15 is 0 Å². The average molecular weight is 434 g/mol. The molecule has 29 heavy (non-hydrogen) atoms. The van der Waals surface area contributed by atoms with E-state index in [2.05, 4.69) is 0 Å². The molecule has 2 aromatic rings. The number of carbonyl (C=O) groups is 1. The number of phenols is 2. The molecule has 0 saturated carbocycles. The first-order valence-corrected chi connectivity index (χ1v) is 11.4. The zero-order chi connectivity index (χ0) is 21.0. The van der Waals surface area contributed by atoms with Gasteiger partial charge in [-0.1, -0.05) is 0 Å². The SMILES string of the molecule is CC(C)(C)OC(=O)N1C[C@@H](Sc2ccc(O)cc2)C[C@@H]1CSc1ccc(O)cc1. The van der Waals surface area contributed by atoms with E-state index in [9.17, 15) is 15.0 Å². The molecule has 2 atom stereocenters. The van der Waals surface area contributed by atoms with Crippen LogP contribution >= 0.6 is 23.5 Å². The fraction of sp³-hybridized carbons (Fsp3) is 0.409. The van der Waals surface area contributed by atoms with E-state index in [4.69, 9.17) is 4.74 Å².